The number of nitrogens with zero attached hydrogens (tertiary/aromatic N) is 2. The molecule has 0 bridgehead atoms. The van der Waals surface area contributed by atoms with Gasteiger partial charge < -0.3 is 14.6 Å². The van der Waals surface area contributed by atoms with Gasteiger partial charge in [-0.15, -0.1) is 0 Å². The van der Waals surface area contributed by atoms with Crippen molar-refractivity contribution in [1.29, 1.82) is 0 Å². The summed E-state index contributed by atoms with van der Waals surface area (Å²) in [6.45, 7) is 7.47. The largest absolute Gasteiger partial charge is 0.468 e. The van der Waals surface area contributed by atoms with E-state index >= 15 is 0 Å². The molecule has 31 heavy (non-hydrogen) atoms. The maximum atomic E-state index is 13.3. The number of carbonyl (C=O) groups excluding carboxylic acids is 1. The van der Waals surface area contributed by atoms with Crippen LogP contribution in [0.2, 0.25) is 0 Å². The molecule has 0 saturated carbocycles. The Morgan fingerprint density at radius 2 is 1.65 bits per heavy atom. The third-order valence-corrected chi connectivity index (χ3v) is 5.99. The van der Waals surface area contributed by atoms with Crippen molar-refractivity contribution in [2.45, 2.75) is 45.8 Å². The maximum Gasteiger partial charge on any atom is 0.322 e. The van der Waals surface area contributed by atoms with Crippen molar-refractivity contribution >= 4 is 11.7 Å². The lowest BCUT2D eigenvalue weighted by Gasteiger charge is -2.38. The zero-order valence-electron chi connectivity index (χ0n) is 18.4. The Kier molecular flexibility index (Phi) is 6.73. The molecule has 0 radical (unpaired) electrons. The van der Waals surface area contributed by atoms with Crippen LogP contribution in [0.4, 0.5) is 10.5 Å². The van der Waals surface area contributed by atoms with E-state index in [0.29, 0.717) is 6.54 Å². The number of piperidine rings is 1. The highest BCUT2D eigenvalue weighted by Crippen LogP contribution is 2.22. The van der Waals surface area contributed by atoms with E-state index in [9.17, 15) is 4.79 Å². The quantitative estimate of drug-likeness (QED) is 0.568. The molecular weight excluding hydrogens is 386 g/mol. The van der Waals surface area contributed by atoms with Crippen LogP contribution in [0.1, 0.15) is 35.3 Å². The highest BCUT2D eigenvalue weighted by Gasteiger charge is 2.28. The number of likely N-dealkylation sites (tertiary alicyclic amines) is 1. The van der Waals surface area contributed by atoms with Crippen LogP contribution < -0.4 is 5.32 Å². The van der Waals surface area contributed by atoms with Crippen LogP contribution in [0.15, 0.2) is 71.3 Å². The predicted octanol–water partition coefficient (Wildman–Crippen LogP) is 5.60. The standard InChI is InChI=1S/C26H31N3O2/c1-20-5-9-22(10-6-20)18-29(26(30)27-23-11-7-21(2)8-12-23)24-13-15-28(16-14-24)19-25-4-3-17-31-25/h3-12,17,24H,13-16,18-19H2,1-2H3,(H,27,30). The summed E-state index contributed by atoms with van der Waals surface area (Å²) in [6, 6.07) is 20.5. The van der Waals surface area contributed by atoms with E-state index in [2.05, 4.69) is 41.4 Å². The number of rotatable bonds is 6. The Hall–Kier alpha value is -3.05. The Bertz CT molecular complexity index is 957. The maximum absolute atomic E-state index is 13.3. The number of nitrogens with one attached hydrogen (secondary N) is 1. The Morgan fingerprint density at radius 3 is 2.26 bits per heavy atom. The number of benzene rings is 2. The van der Waals surface area contributed by atoms with Crippen molar-refractivity contribution < 1.29 is 9.21 Å². The first kappa shape index (κ1) is 21.2. The van der Waals surface area contributed by atoms with Crippen LogP contribution >= 0.6 is 0 Å². The van der Waals surface area contributed by atoms with Gasteiger partial charge in [-0.2, -0.15) is 0 Å². The van der Waals surface area contributed by atoms with Crippen molar-refractivity contribution in [3.8, 4) is 0 Å². The minimum atomic E-state index is -0.0334. The number of carbonyl (C=O) groups is 1. The van der Waals surface area contributed by atoms with Crippen LogP contribution in [0.5, 0.6) is 0 Å². The molecular formula is C26H31N3O2. The van der Waals surface area contributed by atoms with Crippen LogP contribution in [0.25, 0.3) is 0 Å². The summed E-state index contributed by atoms with van der Waals surface area (Å²) in [7, 11) is 0. The van der Waals surface area contributed by atoms with Crippen molar-refractivity contribution in [2.75, 3.05) is 18.4 Å². The number of anilines is 1. The summed E-state index contributed by atoms with van der Waals surface area (Å²) in [5.74, 6) is 0.993. The van der Waals surface area contributed by atoms with E-state index in [-0.39, 0.29) is 12.1 Å². The summed E-state index contributed by atoms with van der Waals surface area (Å²) in [5.41, 5.74) is 4.39. The molecule has 5 nitrogen and oxygen atoms in total. The van der Waals surface area contributed by atoms with Crippen molar-refractivity contribution in [1.82, 2.24) is 9.80 Å². The van der Waals surface area contributed by atoms with E-state index in [1.54, 1.807) is 6.26 Å². The Morgan fingerprint density at radius 1 is 1.00 bits per heavy atom. The zero-order valence-corrected chi connectivity index (χ0v) is 18.4. The molecule has 5 heteroatoms. The first-order chi connectivity index (χ1) is 15.1. The summed E-state index contributed by atoms with van der Waals surface area (Å²) in [6.07, 6.45) is 3.63. The number of furan rings is 1. The molecule has 1 saturated heterocycles. The van der Waals surface area contributed by atoms with Gasteiger partial charge in [0.2, 0.25) is 0 Å². The van der Waals surface area contributed by atoms with Crippen molar-refractivity contribution in [3.63, 3.8) is 0 Å². The zero-order chi connectivity index (χ0) is 21.6. The van der Waals surface area contributed by atoms with Crippen LogP contribution in [-0.2, 0) is 13.1 Å². The smallest absolute Gasteiger partial charge is 0.322 e. The van der Waals surface area contributed by atoms with Crippen molar-refractivity contribution in [3.05, 3.63) is 89.4 Å². The lowest BCUT2D eigenvalue weighted by atomic mass is 10.0. The molecule has 162 valence electrons. The molecule has 2 heterocycles. The lowest BCUT2D eigenvalue weighted by Crippen LogP contribution is -2.48. The second kappa shape index (κ2) is 9.84. The first-order valence-electron chi connectivity index (χ1n) is 11.0. The summed E-state index contributed by atoms with van der Waals surface area (Å²) < 4.78 is 5.50. The summed E-state index contributed by atoms with van der Waals surface area (Å²) in [4.78, 5) is 17.7. The van der Waals surface area contributed by atoms with Gasteiger partial charge in [-0.05, 0) is 56.5 Å². The fourth-order valence-electron chi connectivity index (χ4n) is 4.10. The van der Waals surface area contributed by atoms with Gasteiger partial charge >= 0.3 is 6.03 Å². The predicted molar refractivity (Wildman–Crippen MR) is 124 cm³/mol. The van der Waals surface area contributed by atoms with E-state index in [1.165, 1.54) is 11.1 Å². The van der Waals surface area contributed by atoms with Gasteiger partial charge in [-0.3, -0.25) is 4.90 Å². The topological polar surface area (TPSA) is 48.7 Å². The SMILES string of the molecule is Cc1ccc(CN(C(=O)Nc2ccc(C)cc2)C2CCN(Cc3ccco3)CC2)cc1. The van der Waals surface area contributed by atoms with Crippen LogP contribution in [0, 0.1) is 13.8 Å². The van der Waals surface area contributed by atoms with Gasteiger partial charge in [0.15, 0.2) is 0 Å². The average Bonchev–Trinajstić information content (AvgIpc) is 3.29. The van der Waals surface area contributed by atoms with Crippen molar-refractivity contribution in [2.24, 2.45) is 0 Å². The van der Waals surface area contributed by atoms with E-state index in [1.807, 2.05) is 48.2 Å². The fraction of sp³-hybridized carbons (Fsp3) is 0.346. The molecule has 0 aliphatic carbocycles. The second-order valence-corrected chi connectivity index (χ2v) is 8.50. The number of hydrogen-bond donors (Lipinski definition) is 1. The molecule has 2 amide bonds. The summed E-state index contributed by atoms with van der Waals surface area (Å²) in [5, 5.41) is 3.10. The number of hydrogen-bond acceptors (Lipinski definition) is 3. The van der Waals surface area contributed by atoms with Gasteiger partial charge in [0, 0.05) is 31.4 Å². The van der Waals surface area contributed by atoms with Crippen LogP contribution in [0.3, 0.4) is 0 Å². The van der Waals surface area contributed by atoms with Gasteiger partial charge in [0.25, 0.3) is 0 Å². The summed E-state index contributed by atoms with van der Waals surface area (Å²) >= 11 is 0. The van der Waals surface area contributed by atoms with Gasteiger partial charge in [-0.1, -0.05) is 47.5 Å². The molecule has 1 aliphatic rings. The van der Waals surface area contributed by atoms with E-state index in [4.69, 9.17) is 4.42 Å². The second-order valence-electron chi connectivity index (χ2n) is 8.50. The molecule has 4 rings (SSSR count). The molecule has 0 unspecified atom stereocenters. The normalized spacial score (nSPS) is 15.0. The highest BCUT2D eigenvalue weighted by atomic mass is 16.3. The fourth-order valence-corrected chi connectivity index (χ4v) is 4.10. The van der Waals surface area contributed by atoms with E-state index in [0.717, 1.165) is 49.5 Å². The Balaban J connectivity index is 1.44. The van der Waals surface area contributed by atoms with Gasteiger partial charge in [0.05, 0.1) is 12.8 Å². The third-order valence-electron chi connectivity index (χ3n) is 5.99. The monoisotopic (exact) mass is 417 g/mol. The van der Waals surface area contributed by atoms with Gasteiger partial charge in [-0.25, -0.2) is 4.79 Å². The minimum absolute atomic E-state index is 0.0334. The number of amides is 2. The molecule has 1 fully saturated rings. The van der Waals surface area contributed by atoms with E-state index < -0.39 is 0 Å². The number of aryl methyl sites for hydroxylation is 2. The Labute approximate surface area is 184 Å². The molecule has 0 spiro atoms. The molecule has 0 atom stereocenters. The lowest BCUT2D eigenvalue weighted by molar-refractivity contribution is 0.115. The molecule has 1 aliphatic heterocycles. The average molecular weight is 418 g/mol. The first-order valence-corrected chi connectivity index (χ1v) is 11.0. The molecule has 2 aromatic carbocycles. The highest BCUT2D eigenvalue weighted by molar-refractivity contribution is 5.89. The van der Waals surface area contributed by atoms with Gasteiger partial charge in [0.1, 0.15) is 5.76 Å². The number of urea groups is 1. The minimum Gasteiger partial charge on any atom is -0.468 e. The van der Waals surface area contributed by atoms with Crippen LogP contribution in [-0.4, -0.2) is 35.0 Å². The molecule has 3 aromatic rings. The molecule has 1 aromatic heterocycles. The molecule has 1 N–H and O–H groups in total. The third kappa shape index (κ3) is 5.76.